The van der Waals surface area contributed by atoms with Gasteiger partial charge in [0.15, 0.2) is 0 Å². The van der Waals surface area contributed by atoms with Crippen LogP contribution in [0.4, 0.5) is 5.69 Å². The molecule has 0 heterocycles. The predicted molar refractivity (Wildman–Crippen MR) is 150 cm³/mol. The molecule has 0 aliphatic heterocycles. The fraction of sp³-hybridized carbons (Fsp3) is 0.500. The van der Waals surface area contributed by atoms with Gasteiger partial charge in [0.2, 0.25) is 21.8 Å². The number of benzene rings is 2. The number of hydrogen-bond acceptors (Lipinski definition) is 6. The van der Waals surface area contributed by atoms with E-state index in [4.69, 9.17) is 9.47 Å². The van der Waals surface area contributed by atoms with Crippen molar-refractivity contribution < 1.29 is 27.5 Å². The Balaban J connectivity index is 2.23. The van der Waals surface area contributed by atoms with Crippen LogP contribution in [0.3, 0.4) is 0 Å². The van der Waals surface area contributed by atoms with Crippen LogP contribution in [0.2, 0.25) is 0 Å². The molecular weight excluding hydrogens is 506 g/mol. The van der Waals surface area contributed by atoms with E-state index >= 15 is 0 Å². The third-order valence-corrected chi connectivity index (χ3v) is 7.39. The van der Waals surface area contributed by atoms with Crippen molar-refractivity contribution in [3.05, 3.63) is 54.1 Å². The van der Waals surface area contributed by atoms with Crippen molar-refractivity contribution in [3.8, 4) is 11.5 Å². The molecule has 1 N–H and O–H groups in total. The second kappa shape index (κ2) is 15.2. The summed E-state index contributed by atoms with van der Waals surface area (Å²) in [6.07, 6.45) is 3.76. The molecule has 0 saturated heterocycles. The van der Waals surface area contributed by atoms with E-state index in [1.165, 1.54) is 11.4 Å². The van der Waals surface area contributed by atoms with Crippen molar-refractivity contribution in [2.75, 3.05) is 37.9 Å². The Kier molecular flexibility index (Phi) is 12.4. The first-order valence-corrected chi connectivity index (χ1v) is 14.8. The van der Waals surface area contributed by atoms with Crippen molar-refractivity contribution in [2.24, 2.45) is 0 Å². The van der Waals surface area contributed by atoms with Gasteiger partial charge in [0, 0.05) is 32.1 Å². The van der Waals surface area contributed by atoms with Crippen LogP contribution in [-0.2, 0) is 26.2 Å². The molecule has 2 rings (SSSR count). The minimum Gasteiger partial charge on any atom is -0.497 e. The zero-order valence-corrected chi connectivity index (χ0v) is 23.9. The van der Waals surface area contributed by atoms with Crippen molar-refractivity contribution in [2.45, 2.75) is 58.5 Å². The van der Waals surface area contributed by atoms with Crippen LogP contribution in [0.5, 0.6) is 11.5 Å². The first-order chi connectivity index (χ1) is 18.1. The second-order valence-electron chi connectivity index (χ2n) is 9.08. The average molecular weight is 548 g/mol. The Morgan fingerprint density at radius 1 is 0.974 bits per heavy atom. The van der Waals surface area contributed by atoms with Crippen molar-refractivity contribution in [1.82, 2.24) is 10.2 Å². The highest BCUT2D eigenvalue weighted by atomic mass is 32.2. The summed E-state index contributed by atoms with van der Waals surface area (Å²) in [5.41, 5.74) is 1.31. The molecule has 2 aromatic carbocycles. The van der Waals surface area contributed by atoms with Gasteiger partial charge in [-0.2, -0.15) is 0 Å². The molecular formula is C28H41N3O6S. The summed E-state index contributed by atoms with van der Waals surface area (Å²) < 4.78 is 36.9. The van der Waals surface area contributed by atoms with Gasteiger partial charge in [0.05, 0.1) is 26.2 Å². The van der Waals surface area contributed by atoms with E-state index in [0.29, 0.717) is 30.2 Å². The third-order valence-electron chi connectivity index (χ3n) is 6.20. The molecule has 0 fully saturated rings. The van der Waals surface area contributed by atoms with Gasteiger partial charge in [-0.15, -0.1) is 0 Å². The number of unbranched alkanes of at least 4 members (excludes halogenated alkanes) is 1. The van der Waals surface area contributed by atoms with E-state index < -0.39 is 16.1 Å². The zero-order valence-electron chi connectivity index (χ0n) is 23.1. The van der Waals surface area contributed by atoms with E-state index in [9.17, 15) is 18.0 Å². The molecule has 0 spiro atoms. The summed E-state index contributed by atoms with van der Waals surface area (Å²) in [5, 5.41) is 2.95. The number of rotatable bonds is 16. The summed E-state index contributed by atoms with van der Waals surface area (Å²) in [6, 6.07) is 13.5. The molecule has 38 heavy (non-hydrogen) atoms. The van der Waals surface area contributed by atoms with Gasteiger partial charge in [0.1, 0.15) is 17.5 Å². The van der Waals surface area contributed by atoms with Crippen LogP contribution in [0.15, 0.2) is 48.5 Å². The maximum Gasteiger partial charge on any atom is 0.242 e. The van der Waals surface area contributed by atoms with Gasteiger partial charge in [-0.25, -0.2) is 8.42 Å². The summed E-state index contributed by atoms with van der Waals surface area (Å²) >= 11 is 0. The van der Waals surface area contributed by atoms with Gasteiger partial charge in [-0.3, -0.25) is 13.9 Å². The smallest absolute Gasteiger partial charge is 0.242 e. The van der Waals surface area contributed by atoms with Gasteiger partial charge >= 0.3 is 0 Å². The molecule has 9 nitrogen and oxygen atoms in total. The van der Waals surface area contributed by atoms with Crippen LogP contribution in [0.25, 0.3) is 0 Å². The zero-order chi connectivity index (χ0) is 28.1. The van der Waals surface area contributed by atoms with E-state index in [-0.39, 0.29) is 37.7 Å². The Morgan fingerprint density at radius 2 is 1.63 bits per heavy atom. The molecule has 2 amide bonds. The van der Waals surface area contributed by atoms with Gasteiger partial charge in [-0.1, -0.05) is 38.5 Å². The number of anilines is 1. The molecule has 2 aromatic rings. The lowest BCUT2D eigenvalue weighted by Gasteiger charge is -2.31. The van der Waals surface area contributed by atoms with E-state index in [1.807, 2.05) is 38.1 Å². The first kappa shape index (κ1) is 31.0. The molecule has 0 saturated carbocycles. The van der Waals surface area contributed by atoms with Gasteiger partial charge in [0.25, 0.3) is 0 Å². The molecule has 0 radical (unpaired) electrons. The largest absolute Gasteiger partial charge is 0.497 e. The lowest BCUT2D eigenvalue weighted by Crippen LogP contribution is -2.49. The molecule has 0 bridgehead atoms. The van der Waals surface area contributed by atoms with Crippen molar-refractivity contribution in [3.63, 3.8) is 0 Å². The number of carbonyl (C=O) groups is 2. The molecule has 1 atom stereocenters. The number of sulfonamides is 1. The van der Waals surface area contributed by atoms with Crippen LogP contribution in [0.1, 0.15) is 51.5 Å². The first-order valence-electron chi connectivity index (χ1n) is 13.0. The van der Waals surface area contributed by atoms with Gasteiger partial charge < -0.3 is 19.7 Å². The van der Waals surface area contributed by atoms with Gasteiger partial charge in [-0.05, 0) is 49.1 Å². The van der Waals surface area contributed by atoms with E-state index in [0.717, 1.165) is 24.7 Å². The maximum absolute atomic E-state index is 13.5. The molecule has 0 aliphatic rings. The quantitative estimate of drug-likeness (QED) is 0.319. The number of hydrogen-bond donors (Lipinski definition) is 1. The average Bonchev–Trinajstić information content (AvgIpc) is 2.90. The topological polar surface area (TPSA) is 105 Å². The SMILES string of the molecule is CCCCNC(=O)[C@@H](CC)N(Cc1cccc(OC)c1)C(=O)CCCN(c1cccc(OC)c1)S(C)(=O)=O. The number of nitrogens with zero attached hydrogens (tertiary/aromatic N) is 2. The molecule has 210 valence electrons. The summed E-state index contributed by atoms with van der Waals surface area (Å²) in [6.45, 7) is 4.83. The molecule has 0 aliphatic carbocycles. The minimum atomic E-state index is -3.59. The number of methoxy groups -OCH3 is 2. The molecule has 0 aromatic heterocycles. The van der Waals surface area contributed by atoms with Crippen LogP contribution >= 0.6 is 0 Å². The van der Waals surface area contributed by atoms with E-state index in [1.54, 1.807) is 36.3 Å². The summed E-state index contributed by atoms with van der Waals surface area (Å²) in [4.78, 5) is 28.2. The van der Waals surface area contributed by atoms with Crippen LogP contribution in [0, 0.1) is 0 Å². The van der Waals surface area contributed by atoms with Crippen molar-refractivity contribution >= 4 is 27.5 Å². The molecule has 0 unspecified atom stereocenters. The second-order valence-corrected chi connectivity index (χ2v) is 11.0. The number of amides is 2. The van der Waals surface area contributed by atoms with Crippen LogP contribution in [-0.4, -0.2) is 64.7 Å². The number of carbonyl (C=O) groups excluding carboxylic acids is 2. The Labute approximate surface area is 227 Å². The highest BCUT2D eigenvalue weighted by Gasteiger charge is 2.29. The molecule has 10 heteroatoms. The number of ether oxygens (including phenoxy) is 2. The third kappa shape index (κ3) is 9.24. The Hall–Kier alpha value is -3.27. The number of nitrogens with one attached hydrogen (secondary N) is 1. The minimum absolute atomic E-state index is 0.0820. The maximum atomic E-state index is 13.5. The van der Waals surface area contributed by atoms with E-state index in [2.05, 4.69) is 5.32 Å². The fourth-order valence-corrected chi connectivity index (χ4v) is 5.12. The lowest BCUT2D eigenvalue weighted by molar-refractivity contribution is -0.141. The summed E-state index contributed by atoms with van der Waals surface area (Å²) in [5.74, 6) is 0.796. The highest BCUT2D eigenvalue weighted by molar-refractivity contribution is 7.92. The monoisotopic (exact) mass is 547 g/mol. The lowest BCUT2D eigenvalue weighted by atomic mass is 10.1. The summed E-state index contributed by atoms with van der Waals surface area (Å²) in [7, 11) is -0.497. The van der Waals surface area contributed by atoms with Crippen molar-refractivity contribution in [1.29, 1.82) is 0 Å². The Morgan fingerprint density at radius 3 is 2.24 bits per heavy atom. The predicted octanol–water partition coefficient (Wildman–Crippen LogP) is 3.97. The highest BCUT2D eigenvalue weighted by Crippen LogP contribution is 2.24. The normalized spacial score (nSPS) is 11.9. The fourth-order valence-electron chi connectivity index (χ4n) is 4.16. The standard InChI is InChI=1S/C28H41N3O6S/c1-6-8-17-29-28(33)26(7-2)30(21-22-12-9-14-24(19-22)36-3)27(32)16-11-18-31(38(5,34)35)23-13-10-15-25(20-23)37-4/h9-10,12-15,19-20,26H,6-8,11,16-18,21H2,1-5H3,(H,29,33)/t26-/m1/s1. The van der Waals surface area contributed by atoms with Crippen LogP contribution < -0.4 is 19.1 Å². The Bertz CT molecular complexity index is 1150.